The first kappa shape index (κ1) is 8.03. The molecule has 0 rings (SSSR count). The second-order valence-corrected chi connectivity index (χ2v) is 23.7. The average molecular weight is 228 g/mol. The van der Waals surface area contributed by atoms with Crippen LogP contribution in [0.15, 0.2) is 0 Å². The van der Waals surface area contributed by atoms with Crippen molar-refractivity contribution >= 4 is 49.2 Å². The second-order valence-electron chi connectivity index (χ2n) is 0.639. The molecule has 40 valence electrons. The summed E-state index contributed by atoms with van der Waals surface area (Å²) in [6.45, 7) is 0. The van der Waals surface area contributed by atoms with Gasteiger partial charge in [0.05, 0.1) is 0 Å². The first-order chi connectivity index (χ1) is 2.24. The number of rotatable bonds is 0. The molecule has 0 aromatic carbocycles. The van der Waals surface area contributed by atoms with E-state index >= 15 is 0 Å². The first-order valence-corrected chi connectivity index (χ1v) is 10.5. The van der Waals surface area contributed by atoms with Crippen LogP contribution in [0.1, 0.15) is 0 Å². The van der Waals surface area contributed by atoms with Crippen LogP contribution >= 0.6 is 49.2 Å². The molecule has 0 spiro atoms. The Labute approximate surface area is 56.9 Å². The zero-order chi connectivity index (χ0) is 5.45. The molecule has 0 aliphatic rings. The molecule has 0 aromatic rings. The van der Waals surface area contributed by atoms with Crippen molar-refractivity contribution in [1.82, 2.24) is 0 Å². The maximum absolute atomic E-state index is 5.03. The Morgan fingerprint density at radius 1 is 0.667 bits per heavy atom. The van der Waals surface area contributed by atoms with E-state index in [0.29, 0.717) is 0 Å². The summed E-state index contributed by atoms with van der Waals surface area (Å²) >= 11 is 0. The molecule has 0 bridgehead atoms. The van der Waals surface area contributed by atoms with Gasteiger partial charge in [-0.15, -0.1) is 0 Å². The maximum atomic E-state index is 5.03. The van der Waals surface area contributed by atoms with Gasteiger partial charge in [0, 0.05) is 0 Å². The van der Waals surface area contributed by atoms with Gasteiger partial charge in [-0.3, -0.25) is 0 Å². The Bertz CT molecular complexity index is 37.1. The van der Waals surface area contributed by atoms with Crippen molar-refractivity contribution in [1.29, 1.82) is 0 Å². The third kappa shape index (κ3) is 37.0. The summed E-state index contributed by atoms with van der Waals surface area (Å²) in [5.41, 5.74) is 0. The van der Waals surface area contributed by atoms with Gasteiger partial charge < -0.3 is 0 Å². The molecule has 0 nitrogen and oxygen atoms in total. The summed E-state index contributed by atoms with van der Waals surface area (Å²) in [4.78, 5) is 0. The summed E-state index contributed by atoms with van der Waals surface area (Å²) in [5.74, 6) is 0. The molecule has 0 N–H and O–H groups in total. The van der Waals surface area contributed by atoms with Crippen molar-refractivity contribution in [3.05, 3.63) is 0 Å². The quantitative estimate of drug-likeness (QED) is 0.595. The Morgan fingerprint density at radius 2 is 0.667 bits per heavy atom. The number of halogens is 5. The van der Waals surface area contributed by atoms with Crippen LogP contribution in [0.3, 0.4) is 0 Å². The van der Waals surface area contributed by atoms with Crippen molar-refractivity contribution < 1.29 is 8.10 Å². The van der Waals surface area contributed by atoms with Crippen LogP contribution in [0, 0.1) is 0 Å². The van der Waals surface area contributed by atoms with E-state index in [1.54, 1.807) is 0 Å². The van der Waals surface area contributed by atoms with E-state index in [-0.39, 0.29) is 0 Å². The second kappa shape index (κ2) is 1.77. The van der Waals surface area contributed by atoms with Gasteiger partial charge in [-0.05, 0) is 0 Å². The van der Waals surface area contributed by atoms with Crippen LogP contribution in [0.2, 0.25) is 0 Å². The Kier molecular flexibility index (Phi) is 2.37. The minimum atomic E-state index is -4.13. The molecule has 0 radical (unpaired) electrons. The van der Waals surface area contributed by atoms with Gasteiger partial charge in [-0.1, -0.05) is 0 Å². The third-order valence-electron chi connectivity index (χ3n) is 0. The fourth-order valence-corrected chi connectivity index (χ4v) is 0. The molecule has 0 aliphatic heterocycles. The van der Waals surface area contributed by atoms with E-state index in [2.05, 4.69) is 0 Å². The van der Waals surface area contributed by atoms with Crippen LogP contribution < -0.4 is 0 Å². The zero-order valence-electron chi connectivity index (χ0n) is 2.34. The Balaban J connectivity index is 3.73. The fraction of sp³-hybridized carbons (Fsp3) is 0. The van der Waals surface area contributed by atoms with Crippen molar-refractivity contribution in [3.63, 3.8) is 0 Å². The molecule has 0 unspecified atom stereocenters. The summed E-state index contributed by atoms with van der Waals surface area (Å²) in [6, 6.07) is 0. The van der Waals surface area contributed by atoms with E-state index in [1.807, 2.05) is 0 Å². The third-order valence-corrected chi connectivity index (χ3v) is 0. The van der Waals surface area contributed by atoms with Crippen molar-refractivity contribution in [3.8, 4) is 0 Å². The predicted octanol–water partition coefficient (Wildman–Crippen LogP) is 3.44. The first-order valence-electron chi connectivity index (χ1n) is 0.845. The minimum absolute atomic E-state index is 4.13. The van der Waals surface area contributed by atoms with Gasteiger partial charge in [0.25, 0.3) is 0 Å². The molecule has 0 fully saturated rings. The Morgan fingerprint density at radius 3 is 0.667 bits per heavy atom. The summed E-state index contributed by atoms with van der Waals surface area (Å²) in [7, 11) is 21.0. The van der Waals surface area contributed by atoms with E-state index in [0.717, 1.165) is 0 Å². The van der Waals surface area contributed by atoms with Crippen LogP contribution in [-0.4, -0.2) is 0 Å². The molecule has 6 heteroatoms. The van der Waals surface area contributed by atoms with Gasteiger partial charge in [-0.2, -0.15) is 0 Å². The van der Waals surface area contributed by atoms with Crippen molar-refractivity contribution in [2.45, 2.75) is 0 Å². The SMILES string of the molecule is [Cl][V]([Cl])([Cl])([Cl])[Cl]. The fourth-order valence-electron chi connectivity index (χ4n) is 0. The summed E-state index contributed by atoms with van der Waals surface area (Å²) in [5, 5.41) is 0. The predicted molar refractivity (Wildman–Crippen MR) is 29.3 cm³/mol. The van der Waals surface area contributed by atoms with E-state index in [4.69, 9.17) is 49.2 Å². The van der Waals surface area contributed by atoms with E-state index in [1.165, 1.54) is 0 Å². The van der Waals surface area contributed by atoms with Crippen LogP contribution in [0.25, 0.3) is 0 Å². The molecule has 6 heavy (non-hydrogen) atoms. The molecular formula is Cl5V. The molecule has 0 heterocycles. The number of hydrogen-bond acceptors (Lipinski definition) is 0. The van der Waals surface area contributed by atoms with Crippen molar-refractivity contribution in [2.75, 3.05) is 0 Å². The number of hydrogen-bond donors (Lipinski definition) is 0. The molecular weight excluding hydrogens is 228 g/mol. The van der Waals surface area contributed by atoms with Crippen LogP contribution in [0.4, 0.5) is 0 Å². The van der Waals surface area contributed by atoms with E-state index < -0.39 is 8.10 Å². The van der Waals surface area contributed by atoms with Gasteiger partial charge >= 0.3 is 57.3 Å². The zero-order valence-corrected chi connectivity index (χ0v) is 7.51. The van der Waals surface area contributed by atoms with E-state index in [9.17, 15) is 0 Å². The molecule has 0 aliphatic carbocycles. The Hall–Kier alpha value is 2.03. The van der Waals surface area contributed by atoms with Crippen LogP contribution in [0.5, 0.6) is 0 Å². The topological polar surface area (TPSA) is 0 Å². The van der Waals surface area contributed by atoms with Crippen LogP contribution in [-0.2, 0) is 8.10 Å². The van der Waals surface area contributed by atoms with Gasteiger partial charge in [-0.25, -0.2) is 0 Å². The van der Waals surface area contributed by atoms with Gasteiger partial charge in [0.2, 0.25) is 0 Å². The molecule has 0 aromatic heterocycles. The van der Waals surface area contributed by atoms with Gasteiger partial charge in [0.1, 0.15) is 0 Å². The molecule has 0 saturated heterocycles. The van der Waals surface area contributed by atoms with Gasteiger partial charge in [0.15, 0.2) is 0 Å². The normalized spacial score (nSPS) is 19.2. The molecule has 0 amide bonds. The average Bonchev–Trinajstić information content (AvgIpc) is 0.650. The molecule has 0 saturated carbocycles. The summed E-state index contributed by atoms with van der Waals surface area (Å²) < 4.78 is 0. The van der Waals surface area contributed by atoms with Crippen molar-refractivity contribution in [2.24, 2.45) is 0 Å². The monoisotopic (exact) mass is 226 g/mol. The standard InChI is InChI=1S/5ClH.V/h5*1H;/q;;;;;+5/p-5. The summed E-state index contributed by atoms with van der Waals surface area (Å²) in [6.07, 6.45) is 0. The molecule has 0 atom stereocenters.